The van der Waals surface area contributed by atoms with Gasteiger partial charge in [0.15, 0.2) is 5.21 Å². The summed E-state index contributed by atoms with van der Waals surface area (Å²) in [6.45, 7) is 6.25. The molecule has 4 nitrogen and oxygen atoms in total. The highest BCUT2D eigenvalue weighted by molar-refractivity contribution is 5.14. The van der Waals surface area contributed by atoms with Crippen molar-refractivity contribution in [3.05, 3.63) is 41.7 Å². The first-order valence-electron chi connectivity index (χ1n) is 7.21. The highest BCUT2D eigenvalue weighted by Crippen LogP contribution is 2.02. The number of aryl methyl sites for hydroxylation is 3. The molecule has 0 aliphatic carbocycles. The van der Waals surface area contributed by atoms with Gasteiger partial charge < -0.3 is 0 Å². The second-order valence-electron chi connectivity index (χ2n) is 4.78. The van der Waals surface area contributed by atoms with Crippen LogP contribution in [0.15, 0.2) is 30.3 Å². The van der Waals surface area contributed by atoms with Gasteiger partial charge >= 0.3 is 0 Å². The summed E-state index contributed by atoms with van der Waals surface area (Å²) in [4.78, 5) is 0. The highest BCUT2D eigenvalue weighted by atomic mass is 15.6. The van der Waals surface area contributed by atoms with Gasteiger partial charge in [0, 0.05) is 12.8 Å². The maximum absolute atomic E-state index is 4.28. The zero-order chi connectivity index (χ0) is 13.5. The third-order valence-corrected chi connectivity index (χ3v) is 3.35. The van der Waals surface area contributed by atoms with Crippen molar-refractivity contribution in [1.82, 2.24) is 15.1 Å². The molecule has 0 N–H and O–H groups in total. The minimum Gasteiger partial charge on any atom is -0.137 e. The first-order valence-corrected chi connectivity index (χ1v) is 7.21. The number of benzene rings is 1. The molecule has 0 saturated heterocycles. The van der Waals surface area contributed by atoms with E-state index >= 15 is 0 Å². The van der Waals surface area contributed by atoms with Crippen LogP contribution < -0.4 is 4.68 Å². The van der Waals surface area contributed by atoms with Crippen molar-refractivity contribution in [2.24, 2.45) is 0 Å². The molecular weight excluding hydrogens is 236 g/mol. The Bertz CT molecular complexity index is 490. The smallest absolute Gasteiger partial charge is 0.137 e. The lowest BCUT2D eigenvalue weighted by molar-refractivity contribution is -0.761. The summed E-state index contributed by atoms with van der Waals surface area (Å²) in [5, 5.41) is 8.55. The Morgan fingerprint density at radius 1 is 1.16 bits per heavy atom. The first-order chi connectivity index (χ1) is 9.35. The van der Waals surface area contributed by atoms with Crippen LogP contribution in [0.25, 0.3) is 0 Å². The van der Waals surface area contributed by atoms with Crippen molar-refractivity contribution in [3.63, 3.8) is 0 Å². The van der Waals surface area contributed by atoms with Gasteiger partial charge in [-0.3, -0.25) is 0 Å². The topological polar surface area (TPSA) is 34.6 Å². The van der Waals surface area contributed by atoms with Crippen molar-refractivity contribution in [2.45, 2.75) is 52.6 Å². The lowest BCUT2D eigenvalue weighted by atomic mass is 10.1. The maximum Gasteiger partial charge on any atom is 0.256 e. The molecule has 0 fully saturated rings. The third-order valence-electron chi connectivity index (χ3n) is 3.35. The predicted molar refractivity (Wildman–Crippen MR) is 74.6 cm³/mol. The molecule has 2 rings (SSSR count). The number of rotatable bonds is 7. The Hall–Kier alpha value is -1.71. The maximum atomic E-state index is 4.28. The molecule has 102 valence electrons. The van der Waals surface area contributed by atoms with Gasteiger partial charge in [-0.2, -0.15) is 0 Å². The molecule has 0 radical (unpaired) electrons. The minimum absolute atomic E-state index is 0.902. The summed E-state index contributed by atoms with van der Waals surface area (Å²) < 4.78 is 4.09. The summed E-state index contributed by atoms with van der Waals surface area (Å²) in [5.41, 5.74) is 1.35. The Labute approximate surface area is 115 Å². The summed E-state index contributed by atoms with van der Waals surface area (Å²) in [6, 6.07) is 10.5. The van der Waals surface area contributed by atoms with Gasteiger partial charge in [-0.05, 0) is 12.0 Å². The molecule has 0 saturated carbocycles. The van der Waals surface area contributed by atoms with Crippen LogP contribution >= 0.6 is 0 Å². The van der Waals surface area contributed by atoms with E-state index in [0.717, 1.165) is 32.4 Å². The van der Waals surface area contributed by atoms with Crippen molar-refractivity contribution in [2.75, 3.05) is 0 Å². The number of hydrogen-bond acceptors (Lipinski definition) is 2. The van der Waals surface area contributed by atoms with E-state index in [-0.39, 0.29) is 0 Å². The van der Waals surface area contributed by atoms with Crippen molar-refractivity contribution in [1.29, 1.82) is 0 Å². The highest BCUT2D eigenvalue weighted by Gasteiger charge is 2.17. The van der Waals surface area contributed by atoms with Gasteiger partial charge in [-0.25, -0.2) is 0 Å². The predicted octanol–water partition coefficient (Wildman–Crippen LogP) is 2.17. The van der Waals surface area contributed by atoms with Gasteiger partial charge in [0.1, 0.15) is 11.8 Å². The Balaban J connectivity index is 2.02. The van der Waals surface area contributed by atoms with E-state index < -0.39 is 0 Å². The van der Waals surface area contributed by atoms with Gasteiger partial charge in [-0.15, -0.1) is 4.68 Å². The summed E-state index contributed by atoms with van der Waals surface area (Å²) >= 11 is 0. The second-order valence-corrected chi connectivity index (χ2v) is 4.78. The Morgan fingerprint density at radius 3 is 2.63 bits per heavy atom. The molecule has 1 aromatic carbocycles. The number of tetrazole rings is 1. The average Bonchev–Trinajstić information content (AvgIpc) is 2.86. The lowest BCUT2D eigenvalue weighted by Gasteiger charge is -2.00. The summed E-state index contributed by atoms with van der Waals surface area (Å²) in [7, 11) is 0. The van der Waals surface area contributed by atoms with E-state index in [1.165, 1.54) is 17.8 Å². The molecule has 0 bridgehead atoms. The molecule has 0 aliphatic rings. The van der Waals surface area contributed by atoms with Crippen LogP contribution in [0.2, 0.25) is 0 Å². The quantitative estimate of drug-likeness (QED) is 0.714. The van der Waals surface area contributed by atoms with E-state index in [2.05, 4.69) is 59.3 Å². The van der Waals surface area contributed by atoms with Crippen LogP contribution in [0.3, 0.4) is 0 Å². The van der Waals surface area contributed by atoms with Crippen LogP contribution in [0, 0.1) is 0 Å². The van der Waals surface area contributed by atoms with Crippen LogP contribution in [0.1, 0.15) is 38.1 Å². The van der Waals surface area contributed by atoms with Crippen molar-refractivity contribution >= 4 is 0 Å². The third kappa shape index (κ3) is 3.63. The number of aromatic nitrogens is 4. The molecule has 2 aromatic rings. The molecular formula is C15H23N4+. The van der Waals surface area contributed by atoms with E-state index in [1.807, 2.05) is 4.68 Å². The van der Waals surface area contributed by atoms with Gasteiger partial charge in [0.2, 0.25) is 0 Å². The SMILES string of the molecule is CCCC[n+]1nnn(CCc2ccccc2)c1CC. The molecule has 0 amide bonds. The fourth-order valence-electron chi connectivity index (χ4n) is 2.23. The normalized spacial score (nSPS) is 10.8. The van der Waals surface area contributed by atoms with Crippen LogP contribution in [0.4, 0.5) is 0 Å². The van der Waals surface area contributed by atoms with Gasteiger partial charge in [-0.1, -0.05) is 55.3 Å². The Morgan fingerprint density at radius 2 is 1.95 bits per heavy atom. The summed E-state index contributed by atoms with van der Waals surface area (Å²) in [5.74, 6) is 1.23. The zero-order valence-corrected chi connectivity index (χ0v) is 11.9. The molecule has 0 spiro atoms. The van der Waals surface area contributed by atoms with Crippen LogP contribution in [-0.4, -0.2) is 15.1 Å². The molecule has 19 heavy (non-hydrogen) atoms. The average molecular weight is 259 g/mol. The van der Waals surface area contributed by atoms with Crippen LogP contribution in [0.5, 0.6) is 0 Å². The summed E-state index contributed by atoms with van der Waals surface area (Å²) in [6.07, 6.45) is 4.33. The molecule has 1 aromatic heterocycles. The van der Waals surface area contributed by atoms with E-state index in [1.54, 1.807) is 0 Å². The monoisotopic (exact) mass is 259 g/mol. The molecule has 4 heteroatoms. The van der Waals surface area contributed by atoms with Gasteiger partial charge in [0.25, 0.3) is 5.82 Å². The standard InChI is InChI=1S/C15H23N4/c1-3-5-12-18-15(4-2)19(17-16-18)13-11-14-9-7-6-8-10-14/h6-10H,3-5,11-13H2,1-2H3/q+1. The Kier molecular flexibility index (Phi) is 5.07. The van der Waals surface area contributed by atoms with E-state index in [9.17, 15) is 0 Å². The van der Waals surface area contributed by atoms with E-state index in [4.69, 9.17) is 0 Å². The second kappa shape index (κ2) is 7.02. The van der Waals surface area contributed by atoms with E-state index in [0.29, 0.717) is 0 Å². The zero-order valence-electron chi connectivity index (χ0n) is 11.9. The van der Waals surface area contributed by atoms with Crippen LogP contribution in [-0.2, 0) is 25.9 Å². The number of unbranched alkanes of at least 4 members (excludes halogenated alkanes) is 1. The van der Waals surface area contributed by atoms with Gasteiger partial charge in [0.05, 0.1) is 6.54 Å². The molecule has 0 aliphatic heterocycles. The lowest BCUT2D eigenvalue weighted by Crippen LogP contribution is -2.40. The number of nitrogens with zero attached hydrogens (tertiary/aromatic N) is 4. The first kappa shape index (κ1) is 13.7. The fraction of sp³-hybridized carbons (Fsp3) is 0.533. The van der Waals surface area contributed by atoms with Crippen molar-refractivity contribution < 1.29 is 4.68 Å². The molecule has 0 atom stereocenters. The van der Waals surface area contributed by atoms with Crippen molar-refractivity contribution in [3.8, 4) is 0 Å². The minimum atomic E-state index is 0.902. The molecule has 1 heterocycles. The number of hydrogen-bond donors (Lipinski definition) is 0. The molecule has 0 unspecified atom stereocenters. The fourth-order valence-corrected chi connectivity index (χ4v) is 2.23. The largest absolute Gasteiger partial charge is 0.256 e.